The molecule has 1 aliphatic heterocycles. The highest BCUT2D eigenvalue weighted by molar-refractivity contribution is 6.04. The lowest BCUT2D eigenvalue weighted by molar-refractivity contribution is -0.150. The molecule has 7 nitrogen and oxygen atoms in total. The molecule has 0 aromatic carbocycles. The maximum absolute atomic E-state index is 11.9. The number of nitrogens with zero attached hydrogens (tertiary/aromatic N) is 1. The highest BCUT2D eigenvalue weighted by atomic mass is 16.6. The number of amides is 1. The van der Waals surface area contributed by atoms with Crippen molar-refractivity contribution < 1.29 is 24.2 Å². The lowest BCUT2D eigenvalue weighted by Gasteiger charge is -2.26. The first-order chi connectivity index (χ1) is 9.74. The van der Waals surface area contributed by atoms with Gasteiger partial charge in [0.25, 0.3) is 0 Å². The van der Waals surface area contributed by atoms with Crippen LogP contribution in [-0.4, -0.2) is 54.3 Å². The molecular formula is C14H22N2O5. The molecule has 0 bridgehead atoms. The quantitative estimate of drug-likeness (QED) is 0.749. The number of rotatable bonds is 4. The number of aliphatic hydroxyl groups is 1. The molecule has 1 rings (SSSR count). The molecule has 1 amide bonds. The Labute approximate surface area is 124 Å². The molecule has 0 saturated heterocycles. The Balaban J connectivity index is 2.87. The lowest BCUT2D eigenvalue weighted by atomic mass is 10.0. The third kappa shape index (κ3) is 5.55. The molecule has 0 saturated carbocycles. The highest BCUT2D eigenvalue weighted by Gasteiger charge is 2.33. The SMILES string of the molecule is COC(=O)[C@H](O)[C@@H](NC(=O)OC(C)(C)C)C1=NCCC=C1. The minimum Gasteiger partial charge on any atom is -0.467 e. The van der Waals surface area contributed by atoms with Crippen molar-refractivity contribution in [1.82, 2.24) is 5.32 Å². The number of aliphatic imine (C=N–C) groups is 1. The van der Waals surface area contributed by atoms with E-state index in [0.717, 1.165) is 13.5 Å². The van der Waals surface area contributed by atoms with Gasteiger partial charge >= 0.3 is 12.1 Å². The molecule has 21 heavy (non-hydrogen) atoms. The summed E-state index contributed by atoms with van der Waals surface area (Å²) >= 11 is 0. The molecule has 0 aromatic rings. The van der Waals surface area contributed by atoms with Crippen LogP contribution >= 0.6 is 0 Å². The minimum absolute atomic E-state index is 0.407. The molecule has 0 unspecified atom stereocenters. The zero-order valence-electron chi connectivity index (χ0n) is 12.8. The lowest BCUT2D eigenvalue weighted by Crippen LogP contribution is -2.53. The summed E-state index contributed by atoms with van der Waals surface area (Å²) in [6.07, 6.45) is 2.01. The number of alkyl carbamates (subject to hydrolysis) is 1. The zero-order valence-corrected chi connectivity index (χ0v) is 12.8. The van der Waals surface area contributed by atoms with Gasteiger partial charge in [-0.05, 0) is 33.3 Å². The van der Waals surface area contributed by atoms with E-state index in [1.165, 1.54) is 0 Å². The normalized spacial score (nSPS) is 17.5. The van der Waals surface area contributed by atoms with Crippen molar-refractivity contribution in [2.45, 2.75) is 44.9 Å². The van der Waals surface area contributed by atoms with Gasteiger partial charge in [0.05, 0.1) is 12.8 Å². The highest BCUT2D eigenvalue weighted by Crippen LogP contribution is 2.10. The standard InChI is InChI=1S/C14H22N2O5/c1-14(2,3)21-13(19)16-10(11(17)12(18)20-4)9-7-5-6-8-15-9/h5,7,10-11,17H,6,8H2,1-4H3,(H,16,19)/t10-,11+/m0/s1. The van der Waals surface area contributed by atoms with E-state index in [4.69, 9.17) is 4.74 Å². The van der Waals surface area contributed by atoms with Crippen LogP contribution in [0.25, 0.3) is 0 Å². The second kappa shape index (κ2) is 7.21. The largest absolute Gasteiger partial charge is 0.467 e. The summed E-state index contributed by atoms with van der Waals surface area (Å²) in [4.78, 5) is 27.6. The van der Waals surface area contributed by atoms with E-state index in [-0.39, 0.29) is 0 Å². The number of aliphatic hydroxyl groups excluding tert-OH is 1. The van der Waals surface area contributed by atoms with E-state index >= 15 is 0 Å². The number of carbonyl (C=O) groups excluding carboxylic acids is 2. The van der Waals surface area contributed by atoms with Crippen molar-refractivity contribution in [1.29, 1.82) is 0 Å². The van der Waals surface area contributed by atoms with Gasteiger partial charge in [0, 0.05) is 6.54 Å². The van der Waals surface area contributed by atoms with Crippen LogP contribution in [-0.2, 0) is 14.3 Å². The summed E-state index contributed by atoms with van der Waals surface area (Å²) < 4.78 is 9.64. The molecule has 7 heteroatoms. The van der Waals surface area contributed by atoms with Crippen molar-refractivity contribution >= 4 is 17.8 Å². The van der Waals surface area contributed by atoms with Gasteiger partial charge in [0.15, 0.2) is 6.10 Å². The van der Waals surface area contributed by atoms with Gasteiger partial charge in [-0.1, -0.05) is 6.08 Å². The molecule has 2 atom stereocenters. The average Bonchev–Trinajstić information content (AvgIpc) is 2.42. The number of nitrogens with one attached hydrogen (secondary N) is 1. The topological polar surface area (TPSA) is 97.2 Å². The second-order valence-electron chi connectivity index (χ2n) is 5.59. The summed E-state index contributed by atoms with van der Waals surface area (Å²) in [5, 5.41) is 12.5. The molecule has 1 aliphatic rings. The summed E-state index contributed by atoms with van der Waals surface area (Å²) in [7, 11) is 1.16. The number of dihydropyridines is 1. The van der Waals surface area contributed by atoms with Gasteiger partial charge in [0.2, 0.25) is 0 Å². The van der Waals surface area contributed by atoms with Crippen molar-refractivity contribution in [3.8, 4) is 0 Å². The van der Waals surface area contributed by atoms with Gasteiger partial charge < -0.3 is 19.9 Å². The summed E-state index contributed by atoms with van der Waals surface area (Å²) in [5.41, 5.74) is -0.278. The molecule has 0 aliphatic carbocycles. The first kappa shape index (κ1) is 17.2. The number of hydrogen-bond donors (Lipinski definition) is 2. The Kier molecular flexibility index (Phi) is 5.90. The van der Waals surface area contributed by atoms with Crippen molar-refractivity contribution in [2.75, 3.05) is 13.7 Å². The van der Waals surface area contributed by atoms with Crippen molar-refractivity contribution in [2.24, 2.45) is 4.99 Å². The Bertz CT molecular complexity index is 451. The summed E-state index contributed by atoms with van der Waals surface area (Å²) in [5.74, 6) is -0.849. The fourth-order valence-electron chi connectivity index (χ4n) is 1.73. The van der Waals surface area contributed by atoms with E-state index < -0.39 is 29.8 Å². The summed E-state index contributed by atoms with van der Waals surface area (Å²) in [6.45, 7) is 5.69. The maximum atomic E-state index is 11.9. The Hall–Kier alpha value is -1.89. The zero-order chi connectivity index (χ0) is 16.0. The molecule has 0 aromatic heterocycles. The fourth-order valence-corrected chi connectivity index (χ4v) is 1.73. The molecule has 118 valence electrons. The Morgan fingerprint density at radius 3 is 2.57 bits per heavy atom. The van der Waals surface area contributed by atoms with Gasteiger partial charge in [-0.3, -0.25) is 4.99 Å². The molecule has 0 spiro atoms. The third-order valence-electron chi connectivity index (χ3n) is 2.63. The number of ether oxygens (including phenoxy) is 2. The maximum Gasteiger partial charge on any atom is 0.408 e. The molecular weight excluding hydrogens is 276 g/mol. The average molecular weight is 298 g/mol. The van der Waals surface area contributed by atoms with Crippen LogP contribution in [0.4, 0.5) is 4.79 Å². The first-order valence-electron chi connectivity index (χ1n) is 6.71. The number of esters is 1. The van der Waals surface area contributed by atoms with Crippen LogP contribution in [0.1, 0.15) is 27.2 Å². The molecule has 2 N–H and O–H groups in total. The van der Waals surface area contributed by atoms with Crippen LogP contribution in [0, 0.1) is 0 Å². The van der Waals surface area contributed by atoms with Crippen molar-refractivity contribution in [3.05, 3.63) is 12.2 Å². The minimum atomic E-state index is -1.55. The van der Waals surface area contributed by atoms with Crippen LogP contribution in [0.3, 0.4) is 0 Å². The van der Waals surface area contributed by atoms with Gasteiger partial charge in [0.1, 0.15) is 11.6 Å². The third-order valence-corrected chi connectivity index (χ3v) is 2.63. The molecule has 0 radical (unpaired) electrons. The summed E-state index contributed by atoms with van der Waals surface area (Å²) in [6, 6.07) is -1.01. The molecule has 0 fully saturated rings. The van der Waals surface area contributed by atoms with E-state index in [1.54, 1.807) is 26.8 Å². The van der Waals surface area contributed by atoms with Gasteiger partial charge in [-0.25, -0.2) is 9.59 Å². The van der Waals surface area contributed by atoms with Crippen LogP contribution in [0.5, 0.6) is 0 Å². The number of methoxy groups -OCH3 is 1. The van der Waals surface area contributed by atoms with E-state index in [0.29, 0.717) is 12.3 Å². The predicted octanol–water partition coefficient (Wildman–Crippen LogP) is 0.814. The first-order valence-corrected chi connectivity index (χ1v) is 6.71. The molecule has 1 heterocycles. The number of hydrogen-bond acceptors (Lipinski definition) is 6. The Morgan fingerprint density at radius 1 is 1.43 bits per heavy atom. The van der Waals surface area contributed by atoms with Gasteiger partial charge in [-0.15, -0.1) is 0 Å². The monoisotopic (exact) mass is 298 g/mol. The second-order valence-corrected chi connectivity index (χ2v) is 5.59. The van der Waals surface area contributed by atoms with E-state index in [1.807, 2.05) is 6.08 Å². The van der Waals surface area contributed by atoms with E-state index in [9.17, 15) is 14.7 Å². The van der Waals surface area contributed by atoms with Crippen LogP contribution in [0.15, 0.2) is 17.1 Å². The predicted molar refractivity (Wildman–Crippen MR) is 77.2 cm³/mol. The van der Waals surface area contributed by atoms with Gasteiger partial charge in [-0.2, -0.15) is 0 Å². The number of carbonyl (C=O) groups is 2. The van der Waals surface area contributed by atoms with Crippen LogP contribution < -0.4 is 5.32 Å². The Morgan fingerprint density at radius 2 is 2.10 bits per heavy atom. The van der Waals surface area contributed by atoms with Crippen LogP contribution in [0.2, 0.25) is 0 Å². The fraction of sp³-hybridized carbons (Fsp3) is 0.643. The van der Waals surface area contributed by atoms with Crippen molar-refractivity contribution in [3.63, 3.8) is 0 Å². The van der Waals surface area contributed by atoms with E-state index in [2.05, 4.69) is 15.0 Å². The smallest absolute Gasteiger partial charge is 0.408 e.